The van der Waals surface area contributed by atoms with E-state index < -0.39 is 0 Å². The first-order valence-electron chi connectivity index (χ1n) is 5.75. The maximum absolute atomic E-state index is 6.21. The molecule has 82 valence electrons. The van der Waals surface area contributed by atoms with Crippen LogP contribution in [0.3, 0.4) is 0 Å². The van der Waals surface area contributed by atoms with Gasteiger partial charge in [0.25, 0.3) is 0 Å². The highest BCUT2D eigenvalue weighted by Crippen LogP contribution is 2.36. The largest absolute Gasteiger partial charge is 0.381 e. The Morgan fingerprint density at radius 1 is 1.29 bits per heavy atom. The topological polar surface area (TPSA) is 30.5 Å². The summed E-state index contributed by atoms with van der Waals surface area (Å²) in [6, 6.07) is 0. The minimum absolute atomic E-state index is 0.165. The minimum atomic E-state index is 0.165. The van der Waals surface area contributed by atoms with Crippen LogP contribution in [0.1, 0.15) is 32.1 Å². The fourth-order valence-corrected chi connectivity index (χ4v) is 2.61. The van der Waals surface area contributed by atoms with Crippen LogP contribution in [0.5, 0.6) is 0 Å². The van der Waals surface area contributed by atoms with E-state index in [9.17, 15) is 0 Å². The van der Waals surface area contributed by atoms with Gasteiger partial charge in [0.1, 0.15) is 0 Å². The average Bonchev–Trinajstić information content (AvgIpc) is 2.19. The molecule has 2 aliphatic heterocycles. The number of rotatable bonds is 2. The molecule has 1 atom stereocenters. The number of nitrogens with one attached hydrogen (secondary N) is 1. The molecule has 1 N–H and O–H groups in total. The molecule has 2 heterocycles. The summed E-state index contributed by atoms with van der Waals surface area (Å²) in [5.41, 5.74) is 0.165. The molecule has 2 saturated heterocycles. The molecule has 2 fully saturated rings. The first-order chi connectivity index (χ1) is 6.85. The SMILES string of the molecule is CNCC1CCCC2(CCOCC2)O1. The van der Waals surface area contributed by atoms with Crippen LogP contribution in [0.25, 0.3) is 0 Å². The van der Waals surface area contributed by atoms with Crippen molar-refractivity contribution in [3.8, 4) is 0 Å². The van der Waals surface area contributed by atoms with Crippen molar-refractivity contribution in [1.29, 1.82) is 0 Å². The van der Waals surface area contributed by atoms with Crippen molar-refractivity contribution in [3.63, 3.8) is 0 Å². The van der Waals surface area contributed by atoms with Gasteiger partial charge in [0, 0.05) is 19.8 Å². The van der Waals surface area contributed by atoms with E-state index in [0.717, 1.165) is 32.6 Å². The first-order valence-corrected chi connectivity index (χ1v) is 5.75. The monoisotopic (exact) mass is 199 g/mol. The predicted molar refractivity (Wildman–Crippen MR) is 55.4 cm³/mol. The summed E-state index contributed by atoms with van der Waals surface area (Å²) >= 11 is 0. The van der Waals surface area contributed by atoms with Crippen LogP contribution in [-0.2, 0) is 9.47 Å². The molecule has 0 bridgehead atoms. The number of likely N-dealkylation sites (N-methyl/N-ethyl adjacent to an activating group) is 1. The van der Waals surface area contributed by atoms with Crippen molar-refractivity contribution < 1.29 is 9.47 Å². The zero-order valence-corrected chi connectivity index (χ0v) is 9.05. The van der Waals surface area contributed by atoms with Crippen LogP contribution in [0.15, 0.2) is 0 Å². The molecule has 0 aliphatic carbocycles. The van der Waals surface area contributed by atoms with E-state index in [2.05, 4.69) is 5.32 Å². The molecule has 3 heteroatoms. The normalized spacial score (nSPS) is 31.9. The molecule has 2 aliphatic rings. The molecule has 0 aromatic heterocycles. The lowest BCUT2D eigenvalue weighted by atomic mass is 9.85. The molecule has 0 aromatic carbocycles. The van der Waals surface area contributed by atoms with Gasteiger partial charge < -0.3 is 14.8 Å². The molecule has 1 unspecified atom stereocenters. The van der Waals surface area contributed by atoms with Gasteiger partial charge in [-0.2, -0.15) is 0 Å². The van der Waals surface area contributed by atoms with Gasteiger partial charge in [-0.25, -0.2) is 0 Å². The van der Waals surface area contributed by atoms with Gasteiger partial charge in [0.05, 0.1) is 11.7 Å². The molecule has 0 radical (unpaired) electrons. The summed E-state index contributed by atoms with van der Waals surface area (Å²) in [6.07, 6.45) is 6.36. The number of ether oxygens (including phenoxy) is 2. The lowest BCUT2D eigenvalue weighted by Crippen LogP contribution is -2.47. The zero-order valence-electron chi connectivity index (χ0n) is 9.05. The lowest BCUT2D eigenvalue weighted by molar-refractivity contribution is -0.167. The summed E-state index contributed by atoms with van der Waals surface area (Å²) in [4.78, 5) is 0. The number of hydrogen-bond acceptors (Lipinski definition) is 3. The Bertz CT molecular complexity index is 171. The maximum Gasteiger partial charge on any atom is 0.0730 e. The van der Waals surface area contributed by atoms with Crippen molar-refractivity contribution in [2.75, 3.05) is 26.8 Å². The summed E-state index contributed by atoms with van der Waals surface area (Å²) < 4.78 is 11.6. The van der Waals surface area contributed by atoms with Gasteiger partial charge in [-0.1, -0.05) is 0 Å². The molecule has 0 saturated carbocycles. The van der Waals surface area contributed by atoms with E-state index in [4.69, 9.17) is 9.47 Å². The van der Waals surface area contributed by atoms with Gasteiger partial charge in [0.15, 0.2) is 0 Å². The van der Waals surface area contributed by atoms with Crippen LogP contribution >= 0.6 is 0 Å². The fraction of sp³-hybridized carbons (Fsp3) is 1.00. The molecule has 0 amide bonds. The highest BCUT2D eigenvalue weighted by Gasteiger charge is 2.38. The molecule has 3 nitrogen and oxygen atoms in total. The Labute approximate surface area is 86.2 Å². The van der Waals surface area contributed by atoms with E-state index >= 15 is 0 Å². The lowest BCUT2D eigenvalue weighted by Gasteiger charge is -2.43. The Kier molecular flexibility index (Phi) is 3.42. The minimum Gasteiger partial charge on any atom is -0.381 e. The van der Waals surface area contributed by atoms with Gasteiger partial charge in [-0.15, -0.1) is 0 Å². The van der Waals surface area contributed by atoms with E-state index in [1.165, 1.54) is 19.3 Å². The van der Waals surface area contributed by atoms with Crippen molar-refractivity contribution in [3.05, 3.63) is 0 Å². The highest BCUT2D eigenvalue weighted by atomic mass is 16.5. The fourth-order valence-electron chi connectivity index (χ4n) is 2.61. The second-order valence-corrected chi connectivity index (χ2v) is 4.49. The molecule has 1 spiro atoms. The maximum atomic E-state index is 6.21. The van der Waals surface area contributed by atoms with Gasteiger partial charge in [-0.3, -0.25) is 0 Å². The zero-order chi connectivity index (χ0) is 9.86. The van der Waals surface area contributed by atoms with Gasteiger partial charge in [0.2, 0.25) is 0 Å². The first kappa shape index (κ1) is 10.4. The summed E-state index contributed by atoms with van der Waals surface area (Å²) in [5.74, 6) is 0. The highest BCUT2D eigenvalue weighted by molar-refractivity contribution is 4.88. The number of hydrogen-bond donors (Lipinski definition) is 1. The third-order valence-corrected chi connectivity index (χ3v) is 3.41. The Hall–Kier alpha value is -0.120. The molecular weight excluding hydrogens is 178 g/mol. The Morgan fingerprint density at radius 3 is 2.79 bits per heavy atom. The van der Waals surface area contributed by atoms with Crippen LogP contribution in [0.4, 0.5) is 0 Å². The second-order valence-electron chi connectivity index (χ2n) is 4.49. The molecular formula is C11H21NO2. The molecule has 0 aromatic rings. The summed E-state index contributed by atoms with van der Waals surface area (Å²) in [6.45, 7) is 2.75. The third kappa shape index (κ3) is 2.27. The van der Waals surface area contributed by atoms with Crippen LogP contribution in [0.2, 0.25) is 0 Å². The second kappa shape index (κ2) is 4.60. The average molecular weight is 199 g/mol. The van der Waals surface area contributed by atoms with E-state index in [1.54, 1.807) is 0 Å². The molecule has 2 rings (SSSR count). The standard InChI is InChI=1S/C11H21NO2/c1-12-9-10-3-2-4-11(14-10)5-7-13-8-6-11/h10,12H,2-9H2,1H3. The third-order valence-electron chi connectivity index (χ3n) is 3.41. The van der Waals surface area contributed by atoms with Crippen LogP contribution in [0, 0.1) is 0 Å². The van der Waals surface area contributed by atoms with E-state index in [0.29, 0.717) is 6.10 Å². The predicted octanol–water partition coefficient (Wildman–Crippen LogP) is 1.32. The van der Waals surface area contributed by atoms with Crippen molar-refractivity contribution in [2.45, 2.75) is 43.8 Å². The van der Waals surface area contributed by atoms with E-state index in [1.807, 2.05) is 7.05 Å². The van der Waals surface area contributed by atoms with Crippen LogP contribution < -0.4 is 5.32 Å². The van der Waals surface area contributed by atoms with Crippen molar-refractivity contribution in [1.82, 2.24) is 5.32 Å². The molecule has 14 heavy (non-hydrogen) atoms. The summed E-state index contributed by atoms with van der Waals surface area (Å²) in [7, 11) is 1.99. The smallest absolute Gasteiger partial charge is 0.0730 e. The Morgan fingerprint density at radius 2 is 2.07 bits per heavy atom. The van der Waals surface area contributed by atoms with Crippen molar-refractivity contribution >= 4 is 0 Å². The van der Waals surface area contributed by atoms with Crippen LogP contribution in [-0.4, -0.2) is 38.5 Å². The van der Waals surface area contributed by atoms with Gasteiger partial charge in [-0.05, 0) is 39.2 Å². The van der Waals surface area contributed by atoms with Crippen molar-refractivity contribution in [2.24, 2.45) is 0 Å². The quantitative estimate of drug-likeness (QED) is 0.727. The van der Waals surface area contributed by atoms with Gasteiger partial charge >= 0.3 is 0 Å². The Balaban J connectivity index is 1.91. The van der Waals surface area contributed by atoms with E-state index in [-0.39, 0.29) is 5.60 Å². The summed E-state index contributed by atoms with van der Waals surface area (Å²) in [5, 5.41) is 3.20.